The summed E-state index contributed by atoms with van der Waals surface area (Å²) in [5, 5.41) is 0.218. The fourth-order valence-electron chi connectivity index (χ4n) is 10.1. The van der Waals surface area contributed by atoms with Crippen molar-refractivity contribution in [3.05, 3.63) is 241 Å². The second-order valence-electron chi connectivity index (χ2n) is 19.3. The molecular formula is C65H36F12N6. The van der Waals surface area contributed by atoms with E-state index in [-0.39, 0.29) is 50.9 Å². The minimum atomic E-state index is -5.29. The number of aromatic nitrogens is 6. The molecule has 0 aliphatic heterocycles. The highest BCUT2D eigenvalue weighted by Crippen LogP contribution is 2.47. The Morgan fingerprint density at radius 1 is 0.265 bits per heavy atom. The summed E-state index contributed by atoms with van der Waals surface area (Å²) >= 11 is 0. The van der Waals surface area contributed by atoms with Gasteiger partial charge in [-0.05, 0) is 95.1 Å². The van der Waals surface area contributed by atoms with Gasteiger partial charge in [0, 0.05) is 44.2 Å². The summed E-state index contributed by atoms with van der Waals surface area (Å²) in [5.74, 6) is 1.23. The maximum Gasteiger partial charge on any atom is 0.417 e. The first-order valence-corrected chi connectivity index (χ1v) is 25.3. The van der Waals surface area contributed by atoms with Crippen molar-refractivity contribution in [1.29, 1.82) is 0 Å². The van der Waals surface area contributed by atoms with Crippen molar-refractivity contribution in [3.63, 3.8) is 0 Å². The zero-order valence-electron chi connectivity index (χ0n) is 42.5. The highest BCUT2D eigenvalue weighted by atomic mass is 19.4. The summed E-state index contributed by atoms with van der Waals surface area (Å²) in [6, 6.07) is 54.3. The van der Waals surface area contributed by atoms with Crippen LogP contribution in [0.15, 0.2) is 218 Å². The van der Waals surface area contributed by atoms with E-state index in [1.165, 1.54) is 36.4 Å². The van der Waals surface area contributed by atoms with Crippen LogP contribution in [0.2, 0.25) is 0 Å². The van der Waals surface area contributed by atoms with E-state index < -0.39 is 58.1 Å². The highest BCUT2D eigenvalue weighted by molar-refractivity contribution is 6.12. The van der Waals surface area contributed by atoms with Crippen LogP contribution in [-0.4, -0.2) is 29.5 Å². The third-order valence-corrected chi connectivity index (χ3v) is 14.0. The second-order valence-corrected chi connectivity index (χ2v) is 19.3. The van der Waals surface area contributed by atoms with Gasteiger partial charge < -0.3 is 4.57 Å². The molecule has 0 radical (unpaired) electrons. The van der Waals surface area contributed by atoms with Crippen molar-refractivity contribution in [2.24, 2.45) is 0 Å². The molecule has 0 fully saturated rings. The molecule has 0 bridgehead atoms. The van der Waals surface area contributed by atoms with Crippen molar-refractivity contribution in [2.75, 3.05) is 0 Å². The van der Waals surface area contributed by atoms with E-state index >= 15 is 0 Å². The van der Waals surface area contributed by atoms with Gasteiger partial charge in [0.1, 0.15) is 0 Å². The van der Waals surface area contributed by atoms with Gasteiger partial charge in [0.25, 0.3) is 0 Å². The number of benzene rings is 9. The molecule has 0 amide bonds. The van der Waals surface area contributed by atoms with Crippen LogP contribution in [0, 0.1) is 0 Å². The van der Waals surface area contributed by atoms with Gasteiger partial charge in [-0.3, -0.25) is 0 Å². The van der Waals surface area contributed by atoms with Gasteiger partial charge in [-0.15, -0.1) is 0 Å². The topological polar surface area (TPSA) is 69.4 Å². The lowest BCUT2D eigenvalue weighted by Gasteiger charge is -2.18. The first-order chi connectivity index (χ1) is 39.7. The van der Waals surface area contributed by atoms with Crippen LogP contribution in [0.1, 0.15) is 22.3 Å². The van der Waals surface area contributed by atoms with Crippen LogP contribution < -0.4 is 0 Å². The van der Waals surface area contributed by atoms with Crippen LogP contribution in [0.3, 0.4) is 0 Å². The van der Waals surface area contributed by atoms with E-state index in [1.807, 2.05) is 121 Å². The summed E-state index contributed by atoms with van der Waals surface area (Å²) in [6.07, 6.45) is -20.9. The van der Waals surface area contributed by atoms with Crippen molar-refractivity contribution < 1.29 is 52.7 Å². The molecule has 0 unspecified atom stereocenters. The van der Waals surface area contributed by atoms with Gasteiger partial charge in [0.15, 0.2) is 23.3 Å². The number of hydrogen-bond donors (Lipinski definition) is 0. The Hall–Kier alpha value is -9.97. The third-order valence-electron chi connectivity index (χ3n) is 14.0. The Balaban J connectivity index is 1.17. The smallest absolute Gasteiger partial charge is 0.309 e. The van der Waals surface area contributed by atoms with E-state index in [4.69, 9.17) is 24.9 Å². The van der Waals surface area contributed by atoms with Crippen molar-refractivity contribution in [1.82, 2.24) is 29.5 Å². The lowest BCUT2D eigenvalue weighted by molar-refractivity contribution is -0.144. The molecule has 0 N–H and O–H groups in total. The van der Waals surface area contributed by atoms with Gasteiger partial charge in [0.2, 0.25) is 0 Å². The largest absolute Gasteiger partial charge is 0.417 e. The maximum absolute atomic E-state index is 14.9. The summed E-state index contributed by atoms with van der Waals surface area (Å²) in [4.78, 5) is 25.0. The van der Waals surface area contributed by atoms with E-state index in [1.54, 1.807) is 28.8 Å². The van der Waals surface area contributed by atoms with Crippen LogP contribution in [0.4, 0.5) is 52.7 Å². The molecule has 12 aromatic rings. The number of nitrogens with zero attached hydrogens (tertiary/aromatic N) is 6. The molecule has 12 rings (SSSR count). The average molecular weight is 1130 g/mol. The quantitative estimate of drug-likeness (QED) is 0.135. The Bertz CT molecular complexity index is 4180. The van der Waals surface area contributed by atoms with Crippen LogP contribution >= 0.6 is 0 Å². The van der Waals surface area contributed by atoms with Gasteiger partial charge in [0.05, 0.1) is 50.4 Å². The molecule has 3 heterocycles. The molecule has 410 valence electrons. The molecule has 0 atom stereocenters. The summed E-state index contributed by atoms with van der Waals surface area (Å²) in [6.45, 7) is 0. The zero-order chi connectivity index (χ0) is 58.0. The summed E-state index contributed by atoms with van der Waals surface area (Å²) in [5.41, 5.74) is -2.78. The fourth-order valence-corrected chi connectivity index (χ4v) is 10.1. The van der Waals surface area contributed by atoms with Gasteiger partial charge in [-0.2, -0.15) is 52.7 Å². The first kappa shape index (κ1) is 53.7. The minimum absolute atomic E-state index is 0.00523. The van der Waals surface area contributed by atoms with Gasteiger partial charge in [-0.25, -0.2) is 24.9 Å². The lowest BCUT2D eigenvalue weighted by Crippen LogP contribution is -2.12. The third kappa shape index (κ3) is 10.5. The Morgan fingerprint density at radius 2 is 0.639 bits per heavy atom. The van der Waals surface area contributed by atoms with Gasteiger partial charge in [-0.1, -0.05) is 146 Å². The highest BCUT2D eigenvalue weighted by Gasteiger charge is 2.40. The maximum atomic E-state index is 14.9. The summed E-state index contributed by atoms with van der Waals surface area (Å²) < 4.78 is 175. The van der Waals surface area contributed by atoms with E-state index in [9.17, 15) is 52.7 Å². The number of halogens is 12. The van der Waals surface area contributed by atoms with Crippen LogP contribution in [0.5, 0.6) is 0 Å². The van der Waals surface area contributed by atoms with Crippen molar-refractivity contribution in [2.45, 2.75) is 24.7 Å². The number of rotatable bonds is 9. The first-order valence-electron chi connectivity index (χ1n) is 25.3. The lowest BCUT2D eigenvalue weighted by atomic mass is 9.94. The van der Waals surface area contributed by atoms with Crippen LogP contribution in [-0.2, 0) is 24.7 Å². The molecular weight excluding hydrogens is 1090 g/mol. The van der Waals surface area contributed by atoms with E-state index in [2.05, 4.69) is 0 Å². The molecule has 6 nitrogen and oxygen atoms in total. The standard InChI is InChI=1S/C65H36F12N6/c66-62(67,68)44-24-26-46(51(34-44)64(72,73)74)41-21-28-55-48(31-41)49-32-42(47-27-25-45(63(69,70)71)35-52(47)65(75,76)77)22-29-56(49)83(55)57-30-23-43(61-81-59(39-17-9-3-10-18-39)80-60(82-61)40-19-11-4-12-20-40)33-50(57)54-36-53(37-13-5-1-6-14-37)78-58(79-54)38-15-7-2-8-16-38/h1-36H. The van der Waals surface area contributed by atoms with Crippen LogP contribution in [0.25, 0.3) is 118 Å². The SMILES string of the molecule is FC(F)(F)c1ccc(-c2ccc3c(c2)c2cc(-c4ccc(C(F)(F)F)cc4C(F)(F)F)ccc2n3-c2ccc(-c3nc(-c4ccccc4)nc(-c4ccccc4)n3)cc2-c2cc(-c3ccccc3)nc(-c3ccccc3)n2)c(C(F)(F)F)c1. The predicted molar refractivity (Wildman–Crippen MR) is 293 cm³/mol. The second kappa shape index (κ2) is 20.5. The average Bonchev–Trinajstić information content (AvgIpc) is 2.02. The molecule has 18 heteroatoms. The minimum Gasteiger partial charge on any atom is -0.309 e. The Labute approximate surface area is 463 Å². The molecule has 83 heavy (non-hydrogen) atoms. The molecule has 3 aromatic heterocycles. The zero-order valence-corrected chi connectivity index (χ0v) is 42.5. The molecule has 0 aliphatic rings. The molecule has 0 aliphatic carbocycles. The number of alkyl halides is 12. The van der Waals surface area contributed by atoms with Crippen molar-refractivity contribution >= 4 is 21.8 Å². The Kier molecular flexibility index (Phi) is 13.3. The van der Waals surface area contributed by atoms with E-state index in [0.717, 1.165) is 0 Å². The Morgan fingerprint density at radius 3 is 1.05 bits per heavy atom. The van der Waals surface area contributed by atoms with Crippen molar-refractivity contribution in [3.8, 4) is 96.0 Å². The normalized spacial score (nSPS) is 12.3. The van der Waals surface area contributed by atoms with Gasteiger partial charge >= 0.3 is 24.7 Å². The molecule has 9 aromatic carbocycles. The monoisotopic (exact) mass is 1130 g/mol. The number of hydrogen-bond acceptors (Lipinski definition) is 5. The molecule has 0 saturated heterocycles. The summed E-state index contributed by atoms with van der Waals surface area (Å²) in [7, 11) is 0. The molecule has 0 spiro atoms. The molecule has 0 saturated carbocycles. The predicted octanol–water partition coefficient (Wildman–Crippen LogP) is 19.2. The number of fused-ring (bicyclic) bond motifs is 3. The fraction of sp³-hybridized carbons (Fsp3) is 0.0615. The van der Waals surface area contributed by atoms with E-state index in [0.29, 0.717) is 92.2 Å².